The minimum absolute atomic E-state index is 0.0515. The summed E-state index contributed by atoms with van der Waals surface area (Å²) >= 11 is 1.47. The van der Waals surface area contributed by atoms with Gasteiger partial charge in [-0.05, 0) is 40.6 Å². The molecular formula is C24H21N4O3S+. The lowest BCUT2D eigenvalue weighted by Crippen LogP contribution is -2.55. The molecule has 0 spiro atoms. The monoisotopic (exact) mass is 445 g/mol. The molecule has 0 radical (unpaired) electrons. The maximum Gasteiger partial charge on any atom is 0.325 e. The average Bonchev–Trinajstić information content (AvgIpc) is 2.83. The van der Waals surface area contributed by atoms with Crippen LogP contribution in [0.4, 0.5) is 5.69 Å². The normalized spacial score (nSPS) is 14.2. The topological polar surface area (TPSA) is 91.1 Å². The van der Waals surface area contributed by atoms with E-state index in [1.807, 2.05) is 54.6 Å². The molecule has 1 aromatic heterocycles. The van der Waals surface area contributed by atoms with Crippen LogP contribution in [0, 0.1) is 0 Å². The van der Waals surface area contributed by atoms with Crippen LogP contribution in [-0.4, -0.2) is 22.3 Å². The number of hydrogen-bond donors (Lipinski definition) is 3. The van der Waals surface area contributed by atoms with Gasteiger partial charge in [0, 0.05) is 16.4 Å². The highest BCUT2D eigenvalue weighted by Crippen LogP contribution is 2.34. The Bertz CT molecular complexity index is 1340. The smallest absolute Gasteiger partial charge is 0.325 e. The molecule has 4 aromatic rings. The summed E-state index contributed by atoms with van der Waals surface area (Å²) in [5.74, 6) is 1.09. The lowest BCUT2D eigenvalue weighted by atomic mass is 10.0. The van der Waals surface area contributed by atoms with Crippen LogP contribution in [0.3, 0.4) is 0 Å². The van der Waals surface area contributed by atoms with Crippen molar-refractivity contribution in [2.45, 2.75) is 17.1 Å². The maximum atomic E-state index is 13.2. The maximum absolute atomic E-state index is 13.2. The highest BCUT2D eigenvalue weighted by Gasteiger charge is 2.38. The predicted octanol–water partition coefficient (Wildman–Crippen LogP) is 3.70. The highest BCUT2D eigenvalue weighted by atomic mass is 32.2. The Morgan fingerprint density at radius 1 is 1.09 bits per heavy atom. The number of methoxy groups -OCH3 is 1. The Balaban J connectivity index is 1.61. The summed E-state index contributed by atoms with van der Waals surface area (Å²) in [7, 11) is 1.50. The van der Waals surface area contributed by atoms with Crippen molar-refractivity contribution >= 4 is 17.4 Å². The van der Waals surface area contributed by atoms with E-state index in [0.29, 0.717) is 22.4 Å². The van der Waals surface area contributed by atoms with E-state index in [1.54, 1.807) is 22.9 Å². The molecule has 0 amide bonds. The third-order valence-electron chi connectivity index (χ3n) is 5.32. The van der Waals surface area contributed by atoms with Crippen LogP contribution in [-0.2, 0) is 5.75 Å². The first-order valence-electron chi connectivity index (χ1n) is 10.1. The molecule has 2 heterocycles. The van der Waals surface area contributed by atoms with Gasteiger partial charge in [0.2, 0.25) is 5.16 Å². The van der Waals surface area contributed by atoms with E-state index in [2.05, 4.69) is 10.3 Å². The standard InChI is InChI=1S/C24H20N4O3S/c1-31-20-13-16(11-12-19(20)29)22-25-18-10-6-5-9-17(18)21-23(30)26-24(27-28(21)22)32-14-15-7-3-2-4-8-15/h2-13,22H,14H2,1H3,(H2,26,27,29,30)/p+1/t22-/m1/s1. The third-order valence-corrected chi connectivity index (χ3v) is 6.25. The fraction of sp³-hybridized carbons (Fsp3) is 0.125. The first-order chi connectivity index (χ1) is 15.6. The van der Waals surface area contributed by atoms with Crippen molar-refractivity contribution in [3.63, 3.8) is 0 Å². The molecule has 0 saturated heterocycles. The Morgan fingerprint density at radius 2 is 1.88 bits per heavy atom. The zero-order valence-electron chi connectivity index (χ0n) is 17.3. The number of aromatic amines is 1. The number of anilines is 1. The minimum atomic E-state index is -0.451. The molecule has 3 aromatic carbocycles. The van der Waals surface area contributed by atoms with E-state index in [-0.39, 0.29) is 11.3 Å². The van der Waals surface area contributed by atoms with Gasteiger partial charge in [0.1, 0.15) is 0 Å². The predicted molar refractivity (Wildman–Crippen MR) is 123 cm³/mol. The molecular weight excluding hydrogens is 424 g/mol. The van der Waals surface area contributed by atoms with Gasteiger partial charge in [-0.15, -0.1) is 0 Å². The second-order valence-electron chi connectivity index (χ2n) is 7.35. The number of aromatic nitrogens is 3. The molecule has 5 rings (SSSR count). The van der Waals surface area contributed by atoms with Gasteiger partial charge in [0.15, 0.2) is 11.5 Å². The van der Waals surface area contributed by atoms with E-state index in [4.69, 9.17) is 9.84 Å². The zero-order valence-corrected chi connectivity index (χ0v) is 18.1. The van der Waals surface area contributed by atoms with Gasteiger partial charge < -0.3 is 15.2 Å². The van der Waals surface area contributed by atoms with E-state index in [0.717, 1.165) is 22.4 Å². The number of hydrogen-bond acceptors (Lipinski definition) is 6. The summed E-state index contributed by atoms with van der Waals surface area (Å²) in [5.41, 5.74) is 3.83. The highest BCUT2D eigenvalue weighted by molar-refractivity contribution is 7.98. The van der Waals surface area contributed by atoms with Gasteiger partial charge in [0.25, 0.3) is 6.17 Å². The Morgan fingerprint density at radius 3 is 2.69 bits per heavy atom. The number of aromatic hydroxyl groups is 1. The fourth-order valence-electron chi connectivity index (χ4n) is 3.77. The average molecular weight is 446 g/mol. The summed E-state index contributed by atoms with van der Waals surface area (Å²) in [5, 5.41) is 18.8. The molecule has 1 aliphatic heterocycles. The number of nitrogens with one attached hydrogen (secondary N) is 2. The first-order valence-corrected chi connectivity index (χ1v) is 11.1. The van der Waals surface area contributed by atoms with Crippen LogP contribution in [0.2, 0.25) is 0 Å². The molecule has 0 bridgehead atoms. The van der Waals surface area contributed by atoms with Crippen molar-refractivity contribution in [1.29, 1.82) is 0 Å². The second kappa shape index (κ2) is 8.39. The number of para-hydroxylation sites is 1. The van der Waals surface area contributed by atoms with Gasteiger partial charge >= 0.3 is 11.3 Å². The summed E-state index contributed by atoms with van der Waals surface area (Å²) in [6.45, 7) is 0. The molecule has 0 fully saturated rings. The SMILES string of the molecule is COc1cc([C@@H]2Nc3ccccc3-c3c(=O)[nH]c(SCc4ccccc4)n[n+]32)ccc1O. The van der Waals surface area contributed by atoms with E-state index in [1.165, 1.54) is 18.9 Å². The zero-order chi connectivity index (χ0) is 22.1. The number of phenolic OH excluding ortho intramolecular Hbond substituents is 1. The largest absolute Gasteiger partial charge is 0.504 e. The summed E-state index contributed by atoms with van der Waals surface area (Å²) in [6.07, 6.45) is -0.451. The quantitative estimate of drug-likeness (QED) is 0.321. The van der Waals surface area contributed by atoms with E-state index < -0.39 is 6.17 Å². The molecule has 1 atom stereocenters. The number of H-pyrrole nitrogens is 1. The van der Waals surface area contributed by atoms with Crippen LogP contribution < -0.4 is 20.3 Å². The van der Waals surface area contributed by atoms with Crippen molar-refractivity contribution in [3.8, 4) is 22.8 Å². The number of thioether (sulfide) groups is 1. The molecule has 160 valence electrons. The molecule has 1 aliphatic rings. The summed E-state index contributed by atoms with van der Waals surface area (Å²) in [6, 6.07) is 22.8. The molecule has 0 saturated carbocycles. The summed E-state index contributed by atoms with van der Waals surface area (Å²) in [4.78, 5) is 16.1. The number of nitrogens with zero attached hydrogens (tertiary/aromatic N) is 2. The van der Waals surface area contributed by atoms with Crippen LogP contribution in [0.5, 0.6) is 11.5 Å². The molecule has 3 N–H and O–H groups in total. The van der Waals surface area contributed by atoms with Gasteiger partial charge in [-0.25, -0.2) is 0 Å². The number of rotatable bonds is 5. The van der Waals surface area contributed by atoms with Crippen LogP contribution in [0.1, 0.15) is 17.3 Å². The van der Waals surface area contributed by atoms with Crippen molar-refractivity contribution in [3.05, 3.63) is 94.3 Å². The van der Waals surface area contributed by atoms with Crippen molar-refractivity contribution in [1.82, 2.24) is 10.1 Å². The van der Waals surface area contributed by atoms with Crippen molar-refractivity contribution in [2.75, 3.05) is 12.4 Å². The molecule has 32 heavy (non-hydrogen) atoms. The number of benzene rings is 3. The van der Waals surface area contributed by atoms with Crippen LogP contribution in [0.15, 0.2) is 82.7 Å². The van der Waals surface area contributed by atoms with Gasteiger partial charge in [0.05, 0.1) is 18.4 Å². The Kier molecular flexibility index (Phi) is 5.28. The van der Waals surface area contributed by atoms with Gasteiger partial charge in [-0.1, -0.05) is 54.2 Å². The van der Waals surface area contributed by atoms with Gasteiger partial charge in [-0.2, -0.15) is 0 Å². The lowest BCUT2D eigenvalue weighted by molar-refractivity contribution is -0.759. The number of phenols is 1. The minimum Gasteiger partial charge on any atom is -0.504 e. The van der Waals surface area contributed by atoms with Crippen LogP contribution in [0.25, 0.3) is 11.3 Å². The first kappa shape index (κ1) is 20.1. The van der Waals surface area contributed by atoms with Gasteiger partial charge in [-0.3, -0.25) is 9.78 Å². The van der Waals surface area contributed by atoms with E-state index >= 15 is 0 Å². The number of fused-ring (bicyclic) bond motifs is 3. The summed E-state index contributed by atoms with van der Waals surface area (Å²) < 4.78 is 7.00. The second-order valence-corrected chi connectivity index (χ2v) is 8.31. The van der Waals surface area contributed by atoms with Crippen LogP contribution >= 0.6 is 11.8 Å². The Labute approximate surface area is 188 Å². The number of ether oxygens (including phenoxy) is 1. The Hall–Kier alpha value is -3.78. The molecule has 0 aliphatic carbocycles. The van der Waals surface area contributed by atoms with Crippen molar-refractivity contribution < 1.29 is 14.5 Å². The molecule has 7 nitrogen and oxygen atoms in total. The lowest BCUT2D eigenvalue weighted by Gasteiger charge is -2.22. The van der Waals surface area contributed by atoms with E-state index in [9.17, 15) is 9.90 Å². The van der Waals surface area contributed by atoms with Crippen molar-refractivity contribution in [2.24, 2.45) is 0 Å². The fourth-order valence-corrected chi connectivity index (χ4v) is 4.58. The third kappa shape index (κ3) is 3.69. The molecule has 8 heteroatoms. The molecule has 0 unspecified atom stereocenters.